The van der Waals surface area contributed by atoms with Crippen LogP contribution in [0.2, 0.25) is 0 Å². The molecule has 1 aromatic heterocycles. The molecule has 1 atom stereocenters. The molecule has 1 saturated heterocycles. The van der Waals surface area contributed by atoms with Crippen LogP contribution in [0.3, 0.4) is 0 Å². The highest BCUT2D eigenvalue weighted by atomic mass is 16.5. The average molecular weight is 447 g/mol. The molecule has 0 aliphatic carbocycles. The van der Waals surface area contributed by atoms with E-state index in [2.05, 4.69) is 24.1 Å². The van der Waals surface area contributed by atoms with Crippen LogP contribution in [0.4, 0.5) is 0 Å². The first-order chi connectivity index (χ1) is 16.0. The second-order valence-corrected chi connectivity index (χ2v) is 9.49. The van der Waals surface area contributed by atoms with Crippen LogP contribution in [-0.4, -0.2) is 45.4 Å². The van der Waals surface area contributed by atoms with Crippen molar-refractivity contribution < 1.29 is 14.3 Å². The van der Waals surface area contributed by atoms with Crippen molar-refractivity contribution in [3.8, 4) is 0 Å². The molecule has 7 nitrogen and oxygen atoms in total. The maximum atomic E-state index is 13.4. The molecule has 1 unspecified atom stereocenters. The third kappa shape index (κ3) is 4.02. The largest absolute Gasteiger partial charge is 0.381 e. The Morgan fingerprint density at radius 3 is 2.61 bits per heavy atom. The summed E-state index contributed by atoms with van der Waals surface area (Å²) in [5.74, 6) is 0.848. The number of fused-ring (bicyclic) bond motifs is 2. The maximum absolute atomic E-state index is 13.4. The molecule has 2 aromatic carbocycles. The second kappa shape index (κ2) is 8.63. The lowest BCUT2D eigenvalue weighted by Crippen LogP contribution is -2.55. The van der Waals surface area contributed by atoms with Crippen molar-refractivity contribution >= 4 is 22.8 Å². The Labute approximate surface area is 193 Å². The normalized spacial score (nSPS) is 18.5. The van der Waals surface area contributed by atoms with Gasteiger partial charge in [0, 0.05) is 25.3 Å². The number of para-hydroxylation sites is 2. The number of hydrogen-bond acceptors (Lipinski definition) is 4. The van der Waals surface area contributed by atoms with Gasteiger partial charge in [-0.15, -0.1) is 0 Å². The van der Waals surface area contributed by atoms with Crippen LogP contribution in [0.5, 0.6) is 0 Å². The third-order valence-electron chi connectivity index (χ3n) is 6.99. The molecule has 2 aliphatic heterocycles. The molecular formula is C26H30N4O3. The van der Waals surface area contributed by atoms with Gasteiger partial charge in [0.25, 0.3) is 5.91 Å². The van der Waals surface area contributed by atoms with Crippen LogP contribution in [0.25, 0.3) is 11.0 Å². The summed E-state index contributed by atoms with van der Waals surface area (Å²) in [7, 11) is 0. The highest BCUT2D eigenvalue weighted by Gasteiger charge is 2.46. The molecule has 3 aromatic rings. The minimum absolute atomic E-state index is 0.0120. The number of carbonyl (C=O) groups excluding carboxylic acids is 2. The van der Waals surface area contributed by atoms with Gasteiger partial charge >= 0.3 is 0 Å². The topological polar surface area (TPSA) is 87.3 Å². The van der Waals surface area contributed by atoms with E-state index in [0.717, 1.165) is 28.0 Å². The maximum Gasteiger partial charge on any atom is 0.254 e. The number of rotatable bonds is 6. The lowest BCUT2D eigenvalue weighted by Gasteiger charge is -2.44. The van der Waals surface area contributed by atoms with Gasteiger partial charge in [-0.05, 0) is 42.5 Å². The summed E-state index contributed by atoms with van der Waals surface area (Å²) >= 11 is 0. The van der Waals surface area contributed by atoms with Crippen LogP contribution in [0, 0.1) is 5.92 Å². The Morgan fingerprint density at radius 2 is 1.88 bits per heavy atom. The van der Waals surface area contributed by atoms with Crippen LogP contribution in [0.1, 0.15) is 60.9 Å². The Kier molecular flexibility index (Phi) is 5.66. The van der Waals surface area contributed by atoms with Gasteiger partial charge in [-0.1, -0.05) is 44.2 Å². The molecule has 5 rings (SSSR count). The number of amides is 2. The predicted molar refractivity (Wildman–Crippen MR) is 126 cm³/mol. The fraction of sp³-hybridized carbons (Fsp3) is 0.423. The van der Waals surface area contributed by atoms with Gasteiger partial charge in [0.2, 0.25) is 5.91 Å². The summed E-state index contributed by atoms with van der Waals surface area (Å²) in [6, 6.07) is 15.3. The minimum Gasteiger partial charge on any atom is -0.381 e. The summed E-state index contributed by atoms with van der Waals surface area (Å²) in [5.41, 5.74) is 3.05. The van der Waals surface area contributed by atoms with Gasteiger partial charge in [0.05, 0.1) is 29.0 Å². The van der Waals surface area contributed by atoms with Gasteiger partial charge < -0.3 is 19.9 Å². The molecule has 0 spiro atoms. The Hall–Kier alpha value is -3.19. The van der Waals surface area contributed by atoms with Crippen molar-refractivity contribution in [2.24, 2.45) is 5.92 Å². The van der Waals surface area contributed by atoms with E-state index in [1.807, 2.05) is 53.4 Å². The Balaban J connectivity index is 1.38. The van der Waals surface area contributed by atoms with Crippen molar-refractivity contribution in [1.29, 1.82) is 0 Å². The fourth-order valence-electron chi connectivity index (χ4n) is 5.12. The fourth-order valence-corrected chi connectivity index (χ4v) is 5.12. The van der Waals surface area contributed by atoms with Crippen molar-refractivity contribution in [1.82, 2.24) is 20.2 Å². The van der Waals surface area contributed by atoms with Crippen molar-refractivity contribution in [2.75, 3.05) is 13.2 Å². The summed E-state index contributed by atoms with van der Waals surface area (Å²) in [5, 5.41) is 3.21. The van der Waals surface area contributed by atoms with Crippen LogP contribution in [-0.2, 0) is 16.1 Å². The first-order valence-corrected chi connectivity index (χ1v) is 11.7. The SMILES string of the molecule is CC(C)C(NC(=O)CC1(N2Cc3ccccc3C2=O)CCOCC1)c1nc2ccccc2[nH]1. The van der Waals surface area contributed by atoms with E-state index in [-0.39, 0.29) is 30.2 Å². The lowest BCUT2D eigenvalue weighted by atomic mass is 9.84. The molecule has 2 N–H and O–H groups in total. The number of carbonyl (C=O) groups is 2. The number of nitrogens with one attached hydrogen (secondary N) is 2. The summed E-state index contributed by atoms with van der Waals surface area (Å²) in [6.45, 7) is 5.78. The first-order valence-electron chi connectivity index (χ1n) is 11.7. The van der Waals surface area contributed by atoms with Gasteiger partial charge in [0.15, 0.2) is 0 Å². The van der Waals surface area contributed by atoms with E-state index in [0.29, 0.717) is 32.6 Å². The number of aromatic amines is 1. The number of nitrogens with zero attached hydrogens (tertiary/aromatic N) is 2. The number of H-pyrrole nitrogens is 1. The number of hydrogen-bond donors (Lipinski definition) is 2. The molecule has 7 heteroatoms. The Morgan fingerprint density at radius 1 is 1.15 bits per heavy atom. The molecule has 33 heavy (non-hydrogen) atoms. The molecular weight excluding hydrogens is 416 g/mol. The first kappa shape index (κ1) is 21.6. The van der Waals surface area contributed by atoms with E-state index in [1.165, 1.54) is 0 Å². The lowest BCUT2D eigenvalue weighted by molar-refractivity contribution is -0.127. The zero-order chi connectivity index (χ0) is 23.0. The third-order valence-corrected chi connectivity index (χ3v) is 6.99. The molecule has 0 bridgehead atoms. The number of imidazole rings is 1. The van der Waals surface area contributed by atoms with Gasteiger partial charge in [-0.2, -0.15) is 0 Å². The molecule has 2 amide bonds. The molecule has 0 radical (unpaired) electrons. The Bertz CT molecular complexity index is 1150. The average Bonchev–Trinajstić information content (AvgIpc) is 3.39. The van der Waals surface area contributed by atoms with E-state index >= 15 is 0 Å². The van der Waals surface area contributed by atoms with E-state index in [4.69, 9.17) is 9.72 Å². The van der Waals surface area contributed by atoms with Crippen LogP contribution in [0.15, 0.2) is 48.5 Å². The second-order valence-electron chi connectivity index (χ2n) is 9.49. The zero-order valence-corrected chi connectivity index (χ0v) is 19.1. The van der Waals surface area contributed by atoms with Gasteiger partial charge in [-0.3, -0.25) is 9.59 Å². The zero-order valence-electron chi connectivity index (χ0n) is 19.1. The quantitative estimate of drug-likeness (QED) is 0.600. The highest BCUT2D eigenvalue weighted by molar-refractivity contribution is 5.99. The molecule has 1 fully saturated rings. The molecule has 0 saturated carbocycles. The van der Waals surface area contributed by atoms with Crippen LogP contribution >= 0.6 is 0 Å². The summed E-state index contributed by atoms with van der Waals surface area (Å²) in [6.07, 6.45) is 1.55. The monoisotopic (exact) mass is 446 g/mol. The van der Waals surface area contributed by atoms with E-state index < -0.39 is 5.54 Å². The van der Waals surface area contributed by atoms with E-state index in [9.17, 15) is 9.59 Å². The van der Waals surface area contributed by atoms with Gasteiger partial charge in [-0.25, -0.2) is 4.98 Å². The van der Waals surface area contributed by atoms with Crippen molar-refractivity contribution in [3.63, 3.8) is 0 Å². The summed E-state index contributed by atoms with van der Waals surface area (Å²) in [4.78, 5) is 36.7. The van der Waals surface area contributed by atoms with Crippen LogP contribution < -0.4 is 5.32 Å². The van der Waals surface area contributed by atoms with Crippen molar-refractivity contribution in [3.05, 3.63) is 65.5 Å². The number of aromatic nitrogens is 2. The molecule has 3 heterocycles. The smallest absolute Gasteiger partial charge is 0.254 e. The standard InChI is InChI=1S/C26H30N4O3/c1-17(2)23(24-27-20-9-5-6-10-21(20)28-24)29-22(31)15-26(11-13-33-14-12-26)30-16-18-7-3-4-8-19(18)25(30)32/h3-10,17,23H,11-16H2,1-2H3,(H,27,28)(H,29,31). The molecule has 172 valence electrons. The number of benzene rings is 2. The van der Waals surface area contributed by atoms with E-state index in [1.54, 1.807) is 0 Å². The summed E-state index contributed by atoms with van der Waals surface area (Å²) < 4.78 is 5.62. The highest BCUT2D eigenvalue weighted by Crippen LogP contribution is 2.38. The van der Waals surface area contributed by atoms with Crippen molar-refractivity contribution in [2.45, 2.75) is 51.2 Å². The van der Waals surface area contributed by atoms with Gasteiger partial charge in [0.1, 0.15) is 5.82 Å². The predicted octanol–water partition coefficient (Wildman–Crippen LogP) is 3.97. The molecule has 2 aliphatic rings. The number of ether oxygens (including phenoxy) is 1. The minimum atomic E-state index is -0.548.